The maximum absolute atomic E-state index is 13.8. The van der Waals surface area contributed by atoms with Gasteiger partial charge in [-0.3, -0.25) is 9.59 Å². The molecule has 7 heteroatoms. The van der Waals surface area contributed by atoms with Gasteiger partial charge < -0.3 is 23.7 Å². The smallest absolute Gasteiger partial charge is 0.290 e. The summed E-state index contributed by atoms with van der Waals surface area (Å²) in [6.07, 6.45) is 0. The molecule has 0 N–H and O–H groups in total. The van der Waals surface area contributed by atoms with Crippen LogP contribution in [-0.4, -0.2) is 55.6 Å². The number of ether oxygens (including phenoxy) is 2. The maximum Gasteiger partial charge on any atom is 0.290 e. The minimum Gasteiger partial charge on any atom is -0.493 e. The number of amides is 1. The number of fused-ring (bicyclic) bond motifs is 2. The van der Waals surface area contributed by atoms with Gasteiger partial charge in [0.25, 0.3) is 5.91 Å². The zero-order valence-corrected chi connectivity index (χ0v) is 21.4. The molecule has 4 rings (SSSR count). The van der Waals surface area contributed by atoms with Gasteiger partial charge in [0.1, 0.15) is 5.58 Å². The van der Waals surface area contributed by atoms with Crippen LogP contribution in [-0.2, 0) is 0 Å². The van der Waals surface area contributed by atoms with E-state index in [2.05, 4.69) is 18.7 Å². The fourth-order valence-electron chi connectivity index (χ4n) is 4.77. The molecule has 1 atom stereocenters. The van der Waals surface area contributed by atoms with Crippen molar-refractivity contribution < 1.29 is 18.7 Å². The summed E-state index contributed by atoms with van der Waals surface area (Å²) in [6.45, 7) is 13.5. The van der Waals surface area contributed by atoms with Crippen molar-refractivity contribution in [3.8, 4) is 11.5 Å². The van der Waals surface area contributed by atoms with E-state index in [4.69, 9.17) is 13.9 Å². The molecule has 2 aromatic carbocycles. The first-order chi connectivity index (χ1) is 16.8. The third-order valence-corrected chi connectivity index (χ3v) is 6.94. The predicted molar refractivity (Wildman–Crippen MR) is 137 cm³/mol. The molecule has 0 radical (unpaired) electrons. The van der Waals surface area contributed by atoms with E-state index in [0.29, 0.717) is 47.7 Å². The van der Waals surface area contributed by atoms with Gasteiger partial charge in [-0.2, -0.15) is 0 Å². The Balaban J connectivity index is 1.90. The molecule has 2 heterocycles. The summed E-state index contributed by atoms with van der Waals surface area (Å²) in [4.78, 5) is 31.5. The van der Waals surface area contributed by atoms with Crippen molar-refractivity contribution >= 4 is 16.9 Å². The number of carbonyl (C=O) groups is 1. The van der Waals surface area contributed by atoms with Crippen LogP contribution in [0, 0.1) is 13.8 Å². The van der Waals surface area contributed by atoms with E-state index in [1.807, 2.05) is 51.1 Å². The molecule has 7 nitrogen and oxygen atoms in total. The number of hydrogen-bond donors (Lipinski definition) is 0. The first-order valence-electron chi connectivity index (χ1n) is 12.3. The van der Waals surface area contributed by atoms with Crippen molar-refractivity contribution in [2.24, 2.45) is 0 Å². The highest BCUT2D eigenvalue weighted by Gasteiger charge is 2.43. The number of carbonyl (C=O) groups excluding carboxylic acids is 1. The van der Waals surface area contributed by atoms with E-state index in [9.17, 15) is 9.59 Å². The van der Waals surface area contributed by atoms with Gasteiger partial charge in [0, 0.05) is 13.1 Å². The number of aryl methyl sites for hydroxylation is 2. The van der Waals surface area contributed by atoms with Crippen LogP contribution in [0.25, 0.3) is 11.0 Å². The van der Waals surface area contributed by atoms with Gasteiger partial charge in [-0.25, -0.2) is 0 Å². The standard InChI is InChI=1S/C28H34N2O5/c1-7-29(8-2)12-13-30-25(19-10-11-21(34-9-3)23(16-19)33-6)24-26(31)20-14-17(4)18(5)15-22(20)35-27(24)28(30)32/h10-11,14-16,25H,7-9,12-13H2,1-6H3. The van der Waals surface area contributed by atoms with Crippen LogP contribution >= 0.6 is 0 Å². The SMILES string of the molecule is CCOc1ccc(C2c3c(oc4cc(C)c(C)cc4c3=O)C(=O)N2CCN(CC)CC)cc1OC. The monoisotopic (exact) mass is 478 g/mol. The molecule has 0 fully saturated rings. The number of methoxy groups -OCH3 is 1. The maximum atomic E-state index is 13.8. The lowest BCUT2D eigenvalue weighted by Gasteiger charge is -2.28. The molecular formula is C28H34N2O5. The topological polar surface area (TPSA) is 72.2 Å². The lowest BCUT2D eigenvalue weighted by Crippen LogP contribution is -2.37. The molecule has 1 aromatic heterocycles. The minimum absolute atomic E-state index is 0.128. The number of likely N-dealkylation sites (N-methyl/N-ethyl adjacent to an activating group) is 1. The van der Waals surface area contributed by atoms with Crippen molar-refractivity contribution in [3.63, 3.8) is 0 Å². The van der Waals surface area contributed by atoms with E-state index in [0.717, 1.165) is 29.8 Å². The fraction of sp³-hybridized carbons (Fsp3) is 0.429. The molecular weight excluding hydrogens is 444 g/mol. The molecule has 0 bridgehead atoms. The average Bonchev–Trinajstić information content (AvgIpc) is 3.13. The summed E-state index contributed by atoms with van der Waals surface area (Å²) in [5, 5.41) is 0.494. The van der Waals surface area contributed by atoms with Crippen molar-refractivity contribution in [2.75, 3.05) is 39.9 Å². The Labute approximate surface area is 206 Å². The molecule has 186 valence electrons. The second kappa shape index (κ2) is 10.1. The highest BCUT2D eigenvalue weighted by molar-refractivity contribution is 5.99. The van der Waals surface area contributed by atoms with Crippen LogP contribution in [0.1, 0.15) is 59.6 Å². The van der Waals surface area contributed by atoms with E-state index < -0.39 is 6.04 Å². The van der Waals surface area contributed by atoms with Crippen LogP contribution in [0.5, 0.6) is 11.5 Å². The molecule has 0 aliphatic carbocycles. The van der Waals surface area contributed by atoms with Crippen molar-refractivity contribution in [3.05, 3.63) is 68.6 Å². The van der Waals surface area contributed by atoms with Crippen LogP contribution in [0.2, 0.25) is 0 Å². The molecule has 0 saturated heterocycles. The molecule has 1 aliphatic heterocycles. The lowest BCUT2D eigenvalue weighted by molar-refractivity contribution is 0.0708. The molecule has 1 aliphatic rings. The van der Waals surface area contributed by atoms with E-state index >= 15 is 0 Å². The molecule has 35 heavy (non-hydrogen) atoms. The van der Waals surface area contributed by atoms with Crippen LogP contribution < -0.4 is 14.9 Å². The Bertz CT molecular complexity index is 1310. The highest BCUT2D eigenvalue weighted by Crippen LogP contribution is 2.41. The molecule has 3 aromatic rings. The van der Waals surface area contributed by atoms with Crippen molar-refractivity contribution in [1.82, 2.24) is 9.80 Å². The normalized spacial score (nSPS) is 15.2. The number of rotatable bonds is 9. The largest absolute Gasteiger partial charge is 0.493 e. The first-order valence-corrected chi connectivity index (χ1v) is 12.3. The Kier molecular flexibility index (Phi) is 7.17. The highest BCUT2D eigenvalue weighted by atomic mass is 16.5. The summed E-state index contributed by atoms with van der Waals surface area (Å²) in [5.74, 6) is 1.05. The van der Waals surface area contributed by atoms with Crippen molar-refractivity contribution in [2.45, 2.75) is 40.7 Å². The lowest BCUT2D eigenvalue weighted by atomic mass is 9.97. The Morgan fingerprint density at radius 3 is 2.37 bits per heavy atom. The van der Waals surface area contributed by atoms with E-state index in [1.54, 1.807) is 12.0 Å². The van der Waals surface area contributed by atoms with Crippen LogP contribution in [0.4, 0.5) is 0 Å². The third kappa shape index (κ3) is 4.41. The zero-order valence-electron chi connectivity index (χ0n) is 21.4. The first kappa shape index (κ1) is 24.8. The summed E-state index contributed by atoms with van der Waals surface area (Å²) in [7, 11) is 1.58. The number of nitrogens with zero attached hydrogens (tertiary/aromatic N) is 2. The minimum atomic E-state index is -0.570. The van der Waals surface area contributed by atoms with Gasteiger partial charge in [-0.05, 0) is 74.8 Å². The average molecular weight is 479 g/mol. The van der Waals surface area contributed by atoms with Crippen LogP contribution in [0.15, 0.2) is 39.5 Å². The zero-order chi connectivity index (χ0) is 25.3. The number of benzene rings is 2. The summed E-state index contributed by atoms with van der Waals surface area (Å²) < 4.78 is 17.4. The second-order valence-electron chi connectivity index (χ2n) is 8.88. The summed E-state index contributed by atoms with van der Waals surface area (Å²) >= 11 is 0. The third-order valence-electron chi connectivity index (χ3n) is 6.94. The van der Waals surface area contributed by atoms with Gasteiger partial charge in [-0.1, -0.05) is 19.9 Å². The second-order valence-corrected chi connectivity index (χ2v) is 8.88. The van der Waals surface area contributed by atoms with Crippen LogP contribution in [0.3, 0.4) is 0 Å². The van der Waals surface area contributed by atoms with Gasteiger partial charge >= 0.3 is 0 Å². The van der Waals surface area contributed by atoms with Crippen molar-refractivity contribution in [1.29, 1.82) is 0 Å². The molecule has 0 spiro atoms. The summed E-state index contributed by atoms with van der Waals surface area (Å²) in [5.41, 5.74) is 3.47. The van der Waals surface area contributed by atoms with Gasteiger partial charge in [0.15, 0.2) is 16.9 Å². The molecule has 1 amide bonds. The Hall–Kier alpha value is -3.32. The Morgan fingerprint density at radius 2 is 1.71 bits per heavy atom. The quantitative estimate of drug-likeness (QED) is 0.444. The van der Waals surface area contributed by atoms with Gasteiger partial charge in [-0.15, -0.1) is 0 Å². The van der Waals surface area contributed by atoms with Gasteiger partial charge in [0.2, 0.25) is 5.76 Å². The Morgan fingerprint density at radius 1 is 1.00 bits per heavy atom. The predicted octanol–water partition coefficient (Wildman–Crippen LogP) is 4.70. The molecule has 1 unspecified atom stereocenters. The fourth-order valence-corrected chi connectivity index (χ4v) is 4.77. The van der Waals surface area contributed by atoms with E-state index in [1.165, 1.54) is 0 Å². The number of hydrogen-bond acceptors (Lipinski definition) is 6. The molecule has 0 saturated carbocycles. The summed E-state index contributed by atoms with van der Waals surface area (Å²) in [6, 6.07) is 8.71. The van der Waals surface area contributed by atoms with E-state index in [-0.39, 0.29) is 17.1 Å². The van der Waals surface area contributed by atoms with Gasteiger partial charge in [0.05, 0.1) is 30.7 Å².